The maximum atomic E-state index is 9.33. The Bertz CT molecular complexity index is 140. The Morgan fingerprint density at radius 2 is 1.53 bits per heavy atom. The van der Waals surface area contributed by atoms with Gasteiger partial charge in [-0.25, -0.2) is 0 Å². The normalized spacial score (nSPS) is 17.8. The molecule has 0 rings (SSSR count). The van der Waals surface area contributed by atoms with Gasteiger partial charge in [-0.15, -0.1) is 0 Å². The summed E-state index contributed by atoms with van der Waals surface area (Å²) in [7, 11) is 4.12. The molecule has 0 heterocycles. The van der Waals surface area contributed by atoms with Crippen LogP contribution >= 0.6 is 0 Å². The fourth-order valence-electron chi connectivity index (χ4n) is 1.77. The van der Waals surface area contributed by atoms with Gasteiger partial charge >= 0.3 is 0 Å². The van der Waals surface area contributed by atoms with Gasteiger partial charge in [0.05, 0.1) is 6.54 Å². The van der Waals surface area contributed by atoms with Crippen LogP contribution in [0.25, 0.3) is 0 Å². The zero-order valence-corrected chi connectivity index (χ0v) is 10.5. The Kier molecular flexibility index (Phi) is 7.96. The topological polar surface area (TPSA) is 48.1 Å². The molecular weight excluding hydrogens is 192 g/mol. The maximum absolute atomic E-state index is 9.33. The second-order valence-electron chi connectivity index (χ2n) is 4.76. The van der Waals surface area contributed by atoms with E-state index in [1.54, 1.807) is 13.8 Å². The van der Waals surface area contributed by atoms with Gasteiger partial charge in [-0.2, -0.15) is 0 Å². The highest BCUT2D eigenvalue weighted by atomic mass is 16.3. The number of aliphatic hydroxyl groups excluding tert-OH is 2. The molecule has 0 aromatic heterocycles. The van der Waals surface area contributed by atoms with E-state index in [2.05, 4.69) is 19.0 Å². The number of hydrogen-bond acceptors (Lipinski definition) is 3. The third kappa shape index (κ3) is 10.1. The molecule has 0 saturated heterocycles. The van der Waals surface area contributed by atoms with E-state index in [4.69, 9.17) is 0 Å². The van der Waals surface area contributed by atoms with Crippen LogP contribution in [-0.2, 0) is 0 Å². The SMILES string of the molecule is CC(O)C[NH+](CCCN(C)C)CC(C)O. The third-order valence-electron chi connectivity index (χ3n) is 2.30. The Balaban J connectivity index is 3.79. The van der Waals surface area contributed by atoms with E-state index in [1.807, 2.05) is 0 Å². The molecule has 0 aromatic rings. The smallest absolute Gasteiger partial charge is 0.103 e. The van der Waals surface area contributed by atoms with Crippen LogP contribution in [0.15, 0.2) is 0 Å². The van der Waals surface area contributed by atoms with Gasteiger partial charge in [-0.3, -0.25) is 0 Å². The van der Waals surface area contributed by atoms with E-state index in [-0.39, 0.29) is 12.2 Å². The maximum Gasteiger partial charge on any atom is 0.103 e. The van der Waals surface area contributed by atoms with Gasteiger partial charge in [-0.1, -0.05) is 0 Å². The van der Waals surface area contributed by atoms with Crippen molar-refractivity contribution in [3.8, 4) is 0 Å². The Morgan fingerprint density at radius 3 is 1.87 bits per heavy atom. The molecule has 92 valence electrons. The number of aliphatic hydroxyl groups is 2. The predicted molar refractivity (Wildman–Crippen MR) is 62.1 cm³/mol. The second-order valence-corrected chi connectivity index (χ2v) is 4.76. The predicted octanol–water partition coefficient (Wildman–Crippen LogP) is -1.42. The van der Waals surface area contributed by atoms with Crippen LogP contribution in [-0.4, -0.2) is 67.6 Å². The van der Waals surface area contributed by atoms with Crippen molar-refractivity contribution in [3.05, 3.63) is 0 Å². The molecule has 4 heteroatoms. The molecule has 2 unspecified atom stereocenters. The zero-order chi connectivity index (χ0) is 11.8. The van der Waals surface area contributed by atoms with Crippen molar-refractivity contribution in [1.29, 1.82) is 0 Å². The van der Waals surface area contributed by atoms with Crippen molar-refractivity contribution in [3.63, 3.8) is 0 Å². The van der Waals surface area contributed by atoms with Crippen LogP contribution in [0.2, 0.25) is 0 Å². The lowest BCUT2D eigenvalue weighted by atomic mass is 10.2. The molecule has 0 fully saturated rings. The summed E-state index contributed by atoms with van der Waals surface area (Å²) in [4.78, 5) is 3.43. The lowest BCUT2D eigenvalue weighted by Gasteiger charge is -2.22. The van der Waals surface area contributed by atoms with Crippen LogP contribution in [0.1, 0.15) is 20.3 Å². The van der Waals surface area contributed by atoms with E-state index in [0.29, 0.717) is 0 Å². The summed E-state index contributed by atoms with van der Waals surface area (Å²) in [5.74, 6) is 0. The fraction of sp³-hybridized carbons (Fsp3) is 1.00. The second kappa shape index (κ2) is 8.05. The molecular formula is C11H27N2O2+. The molecule has 4 nitrogen and oxygen atoms in total. The number of nitrogens with zero attached hydrogens (tertiary/aromatic N) is 1. The minimum absolute atomic E-state index is 0.293. The van der Waals surface area contributed by atoms with Crippen molar-refractivity contribution >= 4 is 0 Å². The van der Waals surface area contributed by atoms with Crippen LogP contribution in [0.3, 0.4) is 0 Å². The van der Waals surface area contributed by atoms with Crippen molar-refractivity contribution < 1.29 is 15.1 Å². The van der Waals surface area contributed by atoms with E-state index in [0.717, 1.165) is 32.6 Å². The van der Waals surface area contributed by atoms with E-state index < -0.39 is 0 Å². The van der Waals surface area contributed by atoms with Crippen LogP contribution < -0.4 is 4.90 Å². The van der Waals surface area contributed by atoms with Crippen LogP contribution in [0.4, 0.5) is 0 Å². The number of nitrogens with one attached hydrogen (secondary N) is 1. The molecule has 0 saturated carbocycles. The van der Waals surface area contributed by atoms with E-state index >= 15 is 0 Å². The molecule has 0 bridgehead atoms. The van der Waals surface area contributed by atoms with Gasteiger partial charge in [0.2, 0.25) is 0 Å². The van der Waals surface area contributed by atoms with Crippen LogP contribution in [0.5, 0.6) is 0 Å². The van der Waals surface area contributed by atoms with E-state index in [9.17, 15) is 10.2 Å². The molecule has 0 radical (unpaired) electrons. The first kappa shape index (κ1) is 14.8. The summed E-state index contributed by atoms with van der Waals surface area (Å²) in [5.41, 5.74) is 0. The van der Waals surface area contributed by atoms with Gasteiger partial charge < -0.3 is 20.0 Å². The lowest BCUT2D eigenvalue weighted by Crippen LogP contribution is -3.14. The average molecular weight is 219 g/mol. The Morgan fingerprint density at radius 1 is 1.07 bits per heavy atom. The first-order valence-corrected chi connectivity index (χ1v) is 5.76. The average Bonchev–Trinajstić information content (AvgIpc) is 2.00. The number of rotatable bonds is 8. The first-order valence-electron chi connectivity index (χ1n) is 5.76. The van der Waals surface area contributed by atoms with Crippen molar-refractivity contribution in [1.82, 2.24) is 4.90 Å². The minimum Gasteiger partial charge on any atom is -0.388 e. The molecule has 0 aliphatic carbocycles. The quantitative estimate of drug-likeness (QED) is 0.470. The zero-order valence-electron chi connectivity index (χ0n) is 10.5. The summed E-state index contributed by atoms with van der Waals surface area (Å²) in [5, 5.41) is 18.7. The van der Waals surface area contributed by atoms with Crippen molar-refractivity contribution in [2.24, 2.45) is 0 Å². The van der Waals surface area contributed by atoms with Crippen molar-refractivity contribution in [2.75, 3.05) is 40.3 Å². The molecule has 3 N–H and O–H groups in total. The largest absolute Gasteiger partial charge is 0.388 e. The summed E-state index contributed by atoms with van der Waals surface area (Å²) < 4.78 is 0. The van der Waals surface area contributed by atoms with Gasteiger partial charge in [0, 0.05) is 13.0 Å². The summed E-state index contributed by atoms with van der Waals surface area (Å²) in [6.45, 7) is 7.11. The van der Waals surface area contributed by atoms with E-state index in [1.165, 1.54) is 4.90 Å². The molecule has 0 aromatic carbocycles. The molecule has 0 aliphatic rings. The summed E-state index contributed by atoms with van der Waals surface area (Å²) in [6.07, 6.45) is 0.512. The first-order chi connectivity index (χ1) is 6.91. The van der Waals surface area contributed by atoms with Gasteiger partial charge in [0.1, 0.15) is 25.3 Å². The number of hydrogen-bond donors (Lipinski definition) is 3. The fourth-order valence-corrected chi connectivity index (χ4v) is 1.77. The number of quaternary nitrogens is 1. The highest BCUT2D eigenvalue weighted by Gasteiger charge is 2.13. The molecule has 0 aliphatic heterocycles. The molecule has 15 heavy (non-hydrogen) atoms. The Hall–Kier alpha value is -0.160. The summed E-state index contributed by atoms with van der Waals surface area (Å²) in [6, 6.07) is 0. The van der Waals surface area contributed by atoms with Crippen LogP contribution in [0, 0.1) is 0 Å². The van der Waals surface area contributed by atoms with Crippen molar-refractivity contribution in [2.45, 2.75) is 32.5 Å². The monoisotopic (exact) mass is 219 g/mol. The standard InChI is InChI=1S/C11H26N2O2/c1-10(14)8-13(9-11(2)15)7-5-6-12(3)4/h10-11,14-15H,5-9H2,1-4H3/p+1. The highest BCUT2D eigenvalue weighted by molar-refractivity contribution is 4.47. The summed E-state index contributed by atoms with van der Waals surface area (Å²) >= 11 is 0. The lowest BCUT2D eigenvalue weighted by molar-refractivity contribution is -0.906. The highest BCUT2D eigenvalue weighted by Crippen LogP contribution is 1.81. The minimum atomic E-state index is -0.293. The third-order valence-corrected chi connectivity index (χ3v) is 2.30. The molecule has 0 amide bonds. The molecule has 2 atom stereocenters. The van der Waals surface area contributed by atoms with Gasteiger partial charge in [-0.05, 0) is 27.9 Å². The Labute approximate surface area is 93.5 Å². The van der Waals surface area contributed by atoms with Gasteiger partial charge in [0.25, 0.3) is 0 Å². The van der Waals surface area contributed by atoms with Gasteiger partial charge in [0.15, 0.2) is 0 Å². The molecule has 0 spiro atoms.